The molecule has 2 aromatic rings. The molecule has 24 heavy (non-hydrogen) atoms. The first-order valence-electron chi connectivity index (χ1n) is 8.36. The Morgan fingerprint density at radius 1 is 1.33 bits per heavy atom. The minimum Gasteiger partial charge on any atom is -0.469 e. The number of aryl methyl sites for hydroxylation is 1. The van der Waals surface area contributed by atoms with Crippen LogP contribution in [-0.4, -0.2) is 42.5 Å². The summed E-state index contributed by atoms with van der Waals surface area (Å²) in [6, 6.07) is 12.6. The first kappa shape index (κ1) is 16.6. The molecular weight excluding hydrogens is 302 g/mol. The molecule has 1 fully saturated rings. The van der Waals surface area contributed by atoms with Crippen molar-refractivity contribution >= 4 is 6.03 Å². The summed E-state index contributed by atoms with van der Waals surface area (Å²) in [7, 11) is 3.93. The van der Waals surface area contributed by atoms with Gasteiger partial charge < -0.3 is 14.6 Å². The molecule has 1 N–H and O–H groups in total. The maximum absolute atomic E-state index is 12.6. The van der Waals surface area contributed by atoms with Gasteiger partial charge in [0.15, 0.2) is 0 Å². The van der Waals surface area contributed by atoms with Crippen LogP contribution in [-0.2, 0) is 6.54 Å². The van der Waals surface area contributed by atoms with Gasteiger partial charge in [-0.3, -0.25) is 4.90 Å². The van der Waals surface area contributed by atoms with Crippen molar-refractivity contribution in [3.05, 3.63) is 59.5 Å². The van der Waals surface area contributed by atoms with Crippen molar-refractivity contribution in [2.45, 2.75) is 32.0 Å². The van der Waals surface area contributed by atoms with Gasteiger partial charge in [0, 0.05) is 19.2 Å². The normalized spacial score (nSPS) is 21.0. The van der Waals surface area contributed by atoms with Gasteiger partial charge in [0.1, 0.15) is 5.76 Å². The van der Waals surface area contributed by atoms with Crippen LogP contribution in [0.2, 0.25) is 0 Å². The van der Waals surface area contributed by atoms with E-state index in [1.807, 2.05) is 38.2 Å². The quantitative estimate of drug-likeness (QED) is 0.938. The minimum absolute atomic E-state index is 0.0446. The monoisotopic (exact) mass is 327 g/mol. The number of hydrogen-bond donors (Lipinski definition) is 1. The maximum atomic E-state index is 12.6. The summed E-state index contributed by atoms with van der Waals surface area (Å²) in [6.07, 6.45) is 2.62. The number of amides is 2. The third kappa shape index (κ3) is 3.46. The van der Waals surface area contributed by atoms with Gasteiger partial charge in [-0.05, 0) is 32.0 Å². The Labute approximate surface area is 143 Å². The number of likely N-dealkylation sites (tertiary alicyclic amines) is 1. The Bertz CT molecular complexity index is 683. The average Bonchev–Trinajstić information content (AvgIpc) is 3.14. The number of nitrogens with one attached hydrogen (secondary N) is 1. The first-order valence-corrected chi connectivity index (χ1v) is 8.36. The molecule has 0 bridgehead atoms. The molecule has 3 rings (SSSR count). The van der Waals surface area contributed by atoms with E-state index in [4.69, 9.17) is 4.42 Å². The van der Waals surface area contributed by atoms with Gasteiger partial charge in [-0.2, -0.15) is 0 Å². The van der Waals surface area contributed by atoms with Gasteiger partial charge >= 0.3 is 6.03 Å². The molecule has 1 aliphatic heterocycles. The molecule has 0 saturated carbocycles. The van der Waals surface area contributed by atoms with Crippen LogP contribution >= 0.6 is 0 Å². The molecule has 2 heterocycles. The SMILES string of the molecule is Cc1occc1CN(C)C(=O)NC1CCN(C)C1c1ccccc1. The second kappa shape index (κ2) is 7.09. The number of furan rings is 1. The topological polar surface area (TPSA) is 48.7 Å². The average molecular weight is 327 g/mol. The van der Waals surface area contributed by atoms with Crippen molar-refractivity contribution in [3.8, 4) is 0 Å². The van der Waals surface area contributed by atoms with Gasteiger partial charge in [0.2, 0.25) is 0 Å². The number of rotatable bonds is 4. The van der Waals surface area contributed by atoms with Gasteiger partial charge in [0.25, 0.3) is 0 Å². The molecule has 1 saturated heterocycles. The molecule has 1 aromatic carbocycles. The molecule has 2 amide bonds. The summed E-state index contributed by atoms with van der Waals surface area (Å²) in [4.78, 5) is 16.6. The lowest BCUT2D eigenvalue weighted by molar-refractivity contribution is 0.197. The van der Waals surface area contributed by atoms with Gasteiger partial charge in [-0.1, -0.05) is 30.3 Å². The lowest BCUT2D eigenvalue weighted by atomic mass is 10.0. The van der Waals surface area contributed by atoms with Gasteiger partial charge in [-0.25, -0.2) is 4.79 Å². The smallest absolute Gasteiger partial charge is 0.317 e. The number of carbonyl (C=O) groups is 1. The third-order valence-electron chi connectivity index (χ3n) is 4.82. The summed E-state index contributed by atoms with van der Waals surface area (Å²) in [6.45, 7) is 3.44. The fourth-order valence-corrected chi connectivity index (χ4v) is 3.41. The molecular formula is C19H25N3O2. The molecule has 2 atom stereocenters. The van der Waals surface area contributed by atoms with Crippen LogP contribution in [0.3, 0.4) is 0 Å². The summed E-state index contributed by atoms with van der Waals surface area (Å²) in [5.41, 5.74) is 2.28. The molecule has 0 spiro atoms. The van der Waals surface area contributed by atoms with Crippen molar-refractivity contribution in [3.63, 3.8) is 0 Å². The van der Waals surface area contributed by atoms with Crippen LogP contribution in [0.15, 0.2) is 47.1 Å². The Hall–Kier alpha value is -2.27. The highest BCUT2D eigenvalue weighted by Gasteiger charge is 2.34. The largest absolute Gasteiger partial charge is 0.469 e. The van der Waals surface area contributed by atoms with Gasteiger partial charge in [-0.15, -0.1) is 0 Å². The zero-order valence-corrected chi connectivity index (χ0v) is 14.5. The Morgan fingerprint density at radius 2 is 2.08 bits per heavy atom. The summed E-state index contributed by atoms with van der Waals surface area (Å²) >= 11 is 0. The summed E-state index contributed by atoms with van der Waals surface area (Å²) in [5.74, 6) is 0.859. The highest BCUT2D eigenvalue weighted by atomic mass is 16.3. The van der Waals surface area contributed by atoms with E-state index < -0.39 is 0 Å². The van der Waals surface area contributed by atoms with Crippen molar-refractivity contribution in [2.24, 2.45) is 0 Å². The molecule has 0 radical (unpaired) electrons. The molecule has 128 valence electrons. The van der Waals surface area contributed by atoms with Crippen LogP contribution < -0.4 is 5.32 Å². The minimum atomic E-state index is -0.0446. The lowest BCUT2D eigenvalue weighted by Crippen LogP contribution is -2.45. The van der Waals surface area contributed by atoms with E-state index in [1.54, 1.807) is 11.2 Å². The zero-order valence-electron chi connectivity index (χ0n) is 14.5. The summed E-state index contributed by atoms with van der Waals surface area (Å²) in [5, 5.41) is 3.20. The lowest BCUT2D eigenvalue weighted by Gasteiger charge is -2.28. The zero-order chi connectivity index (χ0) is 17.1. The van der Waals surface area contributed by atoms with E-state index in [0.29, 0.717) is 6.54 Å². The first-order chi connectivity index (χ1) is 11.6. The molecule has 1 aliphatic rings. The van der Waals surface area contributed by atoms with Crippen molar-refractivity contribution in [1.82, 2.24) is 15.1 Å². The number of hydrogen-bond acceptors (Lipinski definition) is 3. The molecule has 1 aromatic heterocycles. The molecule has 0 aliphatic carbocycles. The fourth-order valence-electron chi connectivity index (χ4n) is 3.41. The highest BCUT2D eigenvalue weighted by Crippen LogP contribution is 2.30. The van der Waals surface area contributed by atoms with Crippen molar-refractivity contribution in [2.75, 3.05) is 20.6 Å². The van der Waals surface area contributed by atoms with Crippen LogP contribution in [0, 0.1) is 6.92 Å². The number of benzene rings is 1. The van der Waals surface area contributed by atoms with E-state index in [-0.39, 0.29) is 18.1 Å². The fraction of sp³-hybridized carbons (Fsp3) is 0.421. The van der Waals surface area contributed by atoms with E-state index in [1.165, 1.54) is 5.56 Å². The van der Waals surface area contributed by atoms with Crippen molar-refractivity contribution in [1.29, 1.82) is 0 Å². The number of nitrogens with zero attached hydrogens (tertiary/aromatic N) is 2. The van der Waals surface area contributed by atoms with E-state index >= 15 is 0 Å². The highest BCUT2D eigenvalue weighted by molar-refractivity contribution is 5.74. The second-order valence-electron chi connectivity index (χ2n) is 6.54. The number of carbonyl (C=O) groups excluding carboxylic acids is 1. The van der Waals surface area contributed by atoms with Crippen LogP contribution in [0.5, 0.6) is 0 Å². The Morgan fingerprint density at radius 3 is 2.75 bits per heavy atom. The van der Waals surface area contributed by atoms with Crippen LogP contribution in [0.1, 0.15) is 29.3 Å². The predicted molar refractivity (Wildman–Crippen MR) is 93.7 cm³/mol. The Balaban J connectivity index is 1.65. The van der Waals surface area contributed by atoms with E-state index in [9.17, 15) is 4.79 Å². The van der Waals surface area contributed by atoms with Gasteiger partial charge in [0.05, 0.1) is 24.9 Å². The molecule has 2 unspecified atom stereocenters. The maximum Gasteiger partial charge on any atom is 0.317 e. The van der Waals surface area contributed by atoms with E-state index in [0.717, 1.165) is 24.3 Å². The predicted octanol–water partition coefficient (Wildman–Crippen LogP) is 3.17. The molecule has 5 nitrogen and oxygen atoms in total. The summed E-state index contributed by atoms with van der Waals surface area (Å²) < 4.78 is 5.30. The standard InChI is InChI=1S/C19H25N3O2/c1-14-16(10-12-24-14)13-22(3)19(23)20-17-9-11-21(2)18(17)15-7-5-4-6-8-15/h4-8,10,12,17-18H,9,11,13H2,1-3H3,(H,20,23). The number of urea groups is 1. The van der Waals surface area contributed by atoms with E-state index in [2.05, 4.69) is 29.4 Å². The third-order valence-corrected chi connectivity index (χ3v) is 4.82. The Kier molecular flexibility index (Phi) is 4.90. The molecule has 5 heteroatoms. The second-order valence-corrected chi connectivity index (χ2v) is 6.54. The van der Waals surface area contributed by atoms with Crippen LogP contribution in [0.25, 0.3) is 0 Å². The van der Waals surface area contributed by atoms with Crippen LogP contribution in [0.4, 0.5) is 4.79 Å². The number of likely N-dealkylation sites (N-methyl/N-ethyl adjacent to an activating group) is 1. The van der Waals surface area contributed by atoms with Crippen molar-refractivity contribution < 1.29 is 9.21 Å².